The van der Waals surface area contributed by atoms with Gasteiger partial charge in [-0.3, -0.25) is 14.4 Å². The minimum atomic E-state index is -1.00. The third-order valence-electron chi connectivity index (χ3n) is 3.48. The van der Waals surface area contributed by atoms with Crippen LogP contribution in [-0.4, -0.2) is 39.9 Å². The van der Waals surface area contributed by atoms with Crippen molar-refractivity contribution in [2.24, 2.45) is 15.2 Å². The van der Waals surface area contributed by atoms with Crippen molar-refractivity contribution in [3.05, 3.63) is 29.3 Å². The van der Waals surface area contributed by atoms with Crippen LogP contribution in [0.3, 0.4) is 0 Å². The summed E-state index contributed by atoms with van der Waals surface area (Å²) in [6, 6.07) is 4.87. The molecule has 1 aromatic rings. The largest absolute Gasteiger partial charge is 0.481 e. The number of amides is 2. The Hall–Kier alpha value is -2.55. The molecule has 1 aromatic carbocycles. The van der Waals surface area contributed by atoms with E-state index >= 15 is 0 Å². The number of amidine groups is 1. The number of nitrogens with zero attached hydrogens (tertiary/aromatic N) is 3. The lowest BCUT2D eigenvalue weighted by Crippen LogP contribution is -2.22. The van der Waals surface area contributed by atoms with Crippen LogP contribution in [0, 0.1) is 13.8 Å². The zero-order valence-corrected chi connectivity index (χ0v) is 14.7. The average Bonchev–Trinajstić information content (AvgIpc) is 2.55. The third kappa shape index (κ3) is 5.49. The molecular weight excluding hydrogens is 344 g/mol. The summed E-state index contributed by atoms with van der Waals surface area (Å²) in [6.45, 7) is 3.82. The fourth-order valence-electron chi connectivity index (χ4n) is 2.18. The van der Waals surface area contributed by atoms with Gasteiger partial charge in [0.1, 0.15) is 0 Å². The maximum absolute atomic E-state index is 12.1. The molecule has 0 radical (unpaired) electrons. The van der Waals surface area contributed by atoms with Crippen molar-refractivity contribution in [3.63, 3.8) is 0 Å². The number of aliphatic carboxylic acids is 1. The highest BCUT2D eigenvalue weighted by Gasteiger charge is 2.23. The van der Waals surface area contributed by atoms with E-state index in [0.29, 0.717) is 0 Å². The monoisotopic (exact) mass is 362 g/mol. The quantitative estimate of drug-likeness (QED) is 0.805. The molecule has 2 N–H and O–H groups in total. The normalized spacial score (nSPS) is 16.5. The van der Waals surface area contributed by atoms with Crippen LogP contribution in [-0.2, 0) is 14.4 Å². The Morgan fingerprint density at radius 1 is 1.28 bits per heavy atom. The molecule has 1 heterocycles. The Labute approximate surface area is 148 Å². The van der Waals surface area contributed by atoms with E-state index in [1.54, 1.807) is 0 Å². The molecular formula is C16H18N4O4S. The predicted octanol–water partition coefficient (Wildman–Crippen LogP) is 2.56. The van der Waals surface area contributed by atoms with Crippen LogP contribution in [0.25, 0.3) is 0 Å². The Morgan fingerprint density at radius 3 is 2.56 bits per heavy atom. The van der Waals surface area contributed by atoms with E-state index in [0.717, 1.165) is 28.6 Å². The molecule has 1 aliphatic heterocycles. The summed E-state index contributed by atoms with van der Waals surface area (Å²) in [5, 5.41) is 19.1. The minimum absolute atomic E-state index is 0.0404. The summed E-state index contributed by atoms with van der Waals surface area (Å²) in [4.78, 5) is 38.2. The van der Waals surface area contributed by atoms with Gasteiger partial charge in [0.15, 0.2) is 6.04 Å². The zero-order chi connectivity index (χ0) is 18.4. The first-order valence-corrected chi connectivity index (χ1v) is 8.59. The van der Waals surface area contributed by atoms with Crippen LogP contribution in [0.4, 0.5) is 5.69 Å². The number of rotatable bonds is 6. The SMILES string of the molecule is Cc1cccc(C)c1NC(=O)CSC1=NC(=O)C(CCC(=O)O)N=N1. The van der Waals surface area contributed by atoms with Crippen LogP contribution in [0.15, 0.2) is 33.4 Å². The maximum atomic E-state index is 12.1. The third-order valence-corrected chi connectivity index (χ3v) is 4.32. The fraction of sp³-hybridized carbons (Fsp3) is 0.375. The molecule has 25 heavy (non-hydrogen) atoms. The molecule has 1 aliphatic rings. The number of para-hydroxylation sites is 1. The summed E-state index contributed by atoms with van der Waals surface area (Å²) in [6.07, 6.45) is -0.113. The number of carbonyl (C=O) groups excluding carboxylic acids is 2. The number of hydrogen-bond acceptors (Lipinski definition) is 6. The molecule has 9 heteroatoms. The number of nitrogens with one attached hydrogen (secondary N) is 1. The van der Waals surface area contributed by atoms with Crippen LogP contribution in [0.1, 0.15) is 24.0 Å². The molecule has 0 aromatic heterocycles. The Balaban J connectivity index is 1.86. The van der Waals surface area contributed by atoms with Crippen molar-refractivity contribution in [1.82, 2.24) is 0 Å². The minimum Gasteiger partial charge on any atom is -0.481 e. The standard InChI is InChI=1S/C16H18N4O4S/c1-9-4-3-5-10(2)14(9)17-12(21)8-25-16-18-15(24)11(19-20-16)6-7-13(22)23/h3-5,11H,6-8H2,1-2H3,(H,17,21)(H,22,23). The van der Waals surface area contributed by atoms with Crippen molar-refractivity contribution >= 4 is 40.4 Å². The topological polar surface area (TPSA) is 121 Å². The summed E-state index contributed by atoms with van der Waals surface area (Å²) < 4.78 is 0. The molecule has 0 saturated carbocycles. The Bertz CT molecular complexity index is 740. The number of thioether (sulfide) groups is 1. The summed E-state index contributed by atoms with van der Waals surface area (Å²) >= 11 is 1.01. The smallest absolute Gasteiger partial charge is 0.303 e. The molecule has 0 bridgehead atoms. The molecule has 0 fully saturated rings. The first-order chi connectivity index (χ1) is 11.9. The van der Waals surface area contributed by atoms with Gasteiger partial charge in [0.25, 0.3) is 5.91 Å². The number of aryl methyl sites for hydroxylation is 2. The zero-order valence-electron chi connectivity index (χ0n) is 13.9. The van der Waals surface area contributed by atoms with Gasteiger partial charge in [-0.2, -0.15) is 10.1 Å². The lowest BCUT2D eigenvalue weighted by molar-refractivity contribution is -0.137. The van der Waals surface area contributed by atoms with Gasteiger partial charge >= 0.3 is 5.97 Å². The first kappa shape index (κ1) is 18.8. The molecule has 2 amide bonds. The van der Waals surface area contributed by atoms with Crippen LogP contribution in [0.2, 0.25) is 0 Å². The summed E-state index contributed by atoms with van der Waals surface area (Å²) in [7, 11) is 0. The van der Waals surface area contributed by atoms with E-state index in [4.69, 9.17) is 5.11 Å². The molecule has 8 nitrogen and oxygen atoms in total. The summed E-state index contributed by atoms with van der Waals surface area (Å²) in [5.74, 6) is -1.73. The number of carbonyl (C=O) groups is 3. The van der Waals surface area contributed by atoms with E-state index in [1.807, 2.05) is 32.0 Å². The maximum Gasteiger partial charge on any atom is 0.303 e. The fourth-order valence-corrected chi connectivity index (χ4v) is 2.77. The molecule has 132 valence electrons. The molecule has 2 rings (SSSR count). The van der Waals surface area contributed by atoms with E-state index in [-0.39, 0.29) is 29.7 Å². The number of carboxylic acid groups (broad SMARTS) is 1. The highest BCUT2D eigenvalue weighted by Crippen LogP contribution is 2.20. The van der Waals surface area contributed by atoms with Gasteiger partial charge in [-0.1, -0.05) is 30.0 Å². The van der Waals surface area contributed by atoms with Gasteiger partial charge in [-0.25, -0.2) is 0 Å². The number of benzene rings is 1. The average molecular weight is 362 g/mol. The number of azo groups is 1. The highest BCUT2D eigenvalue weighted by molar-refractivity contribution is 8.14. The van der Waals surface area contributed by atoms with Gasteiger partial charge in [0.2, 0.25) is 11.1 Å². The van der Waals surface area contributed by atoms with Crippen molar-refractivity contribution in [2.45, 2.75) is 32.7 Å². The highest BCUT2D eigenvalue weighted by atomic mass is 32.2. The molecule has 0 aliphatic carbocycles. The molecule has 0 saturated heterocycles. The van der Waals surface area contributed by atoms with Gasteiger partial charge in [-0.15, -0.1) is 5.11 Å². The Kier molecular flexibility index (Phi) is 6.40. The molecule has 1 atom stereocenters. The van der Waals surface area contributed by atoms with Gasteiger partial charge < -0.3 is 10.4 Å². The van der Waals surface area contributed by atoms with Crippen molar-refractivity contribution < 1.29 is 19.5 Å². The predicted molar refractivity (Wildman–Crippen MR) is 95.0 cm³/mol. The van der Waals surface area contributed by atoms with E-state index in [1.165, 1.54) is 0 Å². The number of carboxylic acids is 1. The lowest BCUT2D eigenvalue weighted by Gasteiger charge is -2.12. The van der Waals surface area contributed by atoms with Crippen LogP contribution >= 0.6 is 11.8 Å². The summed E-state index contributed by atoms with van der Waals surface area (Å²) in [5.41, 5.74) is 2.69. The van der Waals surface area contributed by atoms with Crippen molar-refractivity contribution in [2.75, 3.05) is 11.1 Å². The second-order valence-electron chi connectivity index (χ2n) is 5.50. The van der Waals surface area contributed by atoms with Crippen molar-refractivity contribution in [1.29, 1.82) is 0 Å². The van der Waals surface area contributed by atoms with Gasteiger partial charge in [0, 0.05) is 12.1 Å². The van der Waals surface area contributed by atoms with E-state index in [9.17, 15) is 14.4 Å². The van der Waals surface area contributed by atoms with E-state index < -0.39 is 17.9 Å². The Morgan fingerprint density at radius 2 is 1.96 bits per heavy atom. The molecule has 0 spiro atoms. The second kappa shape index (κ2) is 8.52. The van der Waals surface area contributed by atoms with Gasteiger partial charge in [0.05, 0.1) is 5.75 Å². The number of aliphatic imine (C=N–C) groups is 1. The van der Waals surface area contributed by atoms with Crippen molar-refractivity contribution in [3.8, 4) is 0 Å². The van der Waals surface area contributed by atoms with E-state index in [2.05, 4.69) is 20.5 Å². The number of hydrogen-bond donors (Lipinski definition) is 2. The number of anilines is 1. The van der Waals surface area contributed by atoms with Crippen LogP contribution < -0.4 is 5.32 Å². The van der Waals surface area contributed by atoms with Crippen LogP contribution in [0.5, 0.6) is 0 Å². The first-order valence-electron chi connectivity index (χ1n) is 7.61. The lowest BCUT2D eigenvalue weighted by atomic mass is 10.1. The second-order valence-corrected chi connectivity index (χ2v) is 6.44. The van der Waals surface area contributed by atoms with Gasteiger partial charge in [-0.05, 0) is 31.4 Å². The molecule has 1 unspecified atom stereocenters.